The fraction of sp³-hybridized carbons (Fsp3) is 0.188. The van der Waals surface area contributed by atoms with Crippen LogP contribution in [0.3, 0.4) is 0 Å². The maximum absolute atomic E-state index is 12.0. The van der Waals surface area contributed by atoms with E-state index in [1.807, 2.05) is 0 Å². The summed E-state index contributed by atoms with van der Waals surface area (Å²) in [6.07, 6.45) is 0.703. The second kappa shape index (κ2) is 7.54. The van der Waals surface area contributed by atoms with Gasteiger partial charge in [0.15, 0.2) is 0 Å². The molecule has 2 aromatic carbocycles. The third-order valence-electron chi connectivity index (χ3n) is 3.17. The van der Waals surface area contributed by atoms with E-state index in [9.17, 15) is 14.1 Å². The summed E-state index contributed by atoms with van der Waals surface area (Å²) in [7, 11) is -1.08. The minimum atomic E-state index is -1.08. The predicted molar refractivity (Wildman–Crippen MR) is 87.5 cm³/mol. The SMILES string of the molecule is CS(=O)c1ccc(C(=O)NCC(O)c2ccccc2Cl)cc1. The molecule has 0 saturated carbocycles. The van der Waals surface area contributed by atoms with Gasteiger partial charge in [-0.3, -0.25) is 9.00 Å². The Morgan fingerprint density at radius 1 is 1.23 bits per heavy atom. The highest BCUT2D eigenvalue weighted by Gasteiger charge is 2.13. The average Bonchev–Trinajstić information content (AvgIpc) is 2.52. The molecular weight excluding hydrogens is 322 g/mol. The Hall–Kier alpha value is -1.69. The van der Waals surface area contributed by atoms with Gasteiger partial charge < -0.3 is 10.4 Å². The van der Waals surface area contributed by atoms with Crippen molar-refractivity contribution in [3.05, 3.63) is 64.7 Å². The molecule has 6 heteroatoms. The second-order valence-electron chi connectivity index (χ2n) is 4.73. The Morgan fingerprint density at radius 2 is 1.86 bits per heavy atom. The van der Waals surface area contributed by atoms with Crippen LogP contribution >= 0.6 is 11.6 Å². The molecule has 2 aromatic rings. The van der Waals surface area contributed by atoms with Gasteiger partial charge in [-0.25, -0.2) is 0 Å². The quantitative estimate of drug-likeness (QED) is 0.881. The van der Waals surface area contributed by atoms with Crippen molar-refractivity contribution in [1.29, 1.82) is 0 Å². The normalized spacial score (nSPS) is 13.4. The van der Waals surface area contributed by atoms with Gasteiger partial charge in [-0.1, -0.05) is 29.8 Å². The van der Waals surface area contributed by atoms with Gasteiger partial charge in [-0.05, 0) is 30.3 Å². The first-order valence-electron chi connectivity index (χ1n) is 6.63. The molecule has 116 valence electrons. The van der Waals surface area contributed by atoms with Crippen molar-refractivity contribution in [2.24, 2.45) is 0 Å². The van der Waals surface area contributed by atoms with Crippen LogP contribution in [-0.4, -0.2) is 28.0 Å². The second-order valence-corrected chi connectivity index (χ2v) is 6.51. The number of hydrogen-bond acceptors (Lipinski definition) is 3. The number of carbonyl (C=O) groups excluding carboxylic acids is 1. The topological polar surface area (TPSA) is 66.4 Å². The zero-order valence-corrected chi connectivity index (χ0v) is 13.5. The van der Waals surface area contributed by atoms with Crippen LogP contribution in [0.4, 0.5) is 0 Å². The van der Waals surface area contributed by atoms with Crippen LogP contribution in [0.1, 0.15) is 22.0 Å². The van der Waals surface area contributed by atoms with Crippen LogP contribution in [0.25, 0.3) is 0 Å². The van der Waals surface area contributed by atoms with E-state index in [2.05, 4.69) is 5.32 Å². The third-order valence-corrected chi connectivity index (χ3v) is 4.45. The fourth-order valence-electron chi connectivity index (χ4n) is 1.94. The van der Waals surface area contributed by atoms with Crippen LogP contribution in [0.5, 0.6) is 0 Å². The maximum Gasteiger partial charge on any atom is 0.251 e. The molecule has 0 radical (unpaired) electrons. The summed E-state index contributed by atoms with van der Waals surface area (Å²) in [4.78, 5) is 12.7. The number of amides is 1. The number of carbonyl (C=O) groups is 1. The van der Waals surface area contributed by atoms with Gasteiger partial charge in [0.2, 0.25) is 0 Å². The molecule has 0 heterocycles. The summed E-state index contributed by atoms with van der Waals surface area (Å²) in [5, 5.41) is 13.2. The number of nitrogens with one attached hydrogen (secondary N) is 1. The van der Waals surface area contributed by atoms with Crippen LogP contribution in [0.2, 0.25) is 5.02 Å². The smallest absolute Gasteiger partial charge is 0.251 e. The van der Waals surface area contributed by atoms with Crippen LogP contribution < -0.4 is 5.32 Å². The Bertz CT molecular complexity index is 688. The maximum atomic E-state index is 12.0. The molecule has 0 bridgehead atoms. The van der Waals surface area contributed by atoms with E-state index in [0.717, 1.165) is 0 Å². The minimum absolute atomic E-state index is 0.0596. The Kier molecular flexibility index (Phi) is 5.71. The summed E-state index contributed by atoms with van der Waals surface area (Å²) in [5.74, 6) is -0.306. The molecule has 0 aromatic heterocycles. The van der Waals surface area contributed by atoms with E-state index in [-0.39, 0.29) is 12.5 Å². The first-order valence-corrected chi connectivity index (χ1v) is 8.57. The first-order chi connectivity index (χ1) is 10.5. The molecule has 2 atom stereocenters. The van der Waals surface area contributed by atoms with Gasteiger partial charge >= 0.3 is 0 Å². The number of aliphatic hydroxyl groups excluding tert-OH is 1. The molecule has 0 saturated heterocycles. The van der Waals surface area contributed by atoms with Crippen LogP contribution in [0, 0.1) is 0 Å². The number of aliphatic hydroxyl groups is 1. The summed E-state index contributed by atoms with van der Waals surface area (Å²) in [6, 6.07) is 13.5. The monoisotopic (exact) mass is 337 g/mol. The standard InChI is InChI=1S/C16H16ClNO3S/c1-22(21)12-8-6-11(7-9-12)16(20)18-10-15(19)13-4-2-3-5-14(13)17/h2-9,15,19H,10H2,1H3,(H,18,20). The molecule has 0 spiro atoms. The van der Waals surface area contributed by atoms with Crippen molar-refractivity contribution in [2.75, 3.05) is 12.8 Å². The van der Waals surface area contributed by atoms with E-state index < -0.39 is 16.9 Å². The summed E-state index contributed by atoms with van der Waals surface area (Å²) < 4.78 is 11.3. The van der Waals surface area contributed by atoms with Crippen molar-refractivity contribution in [2.45, 2.75) is 11.0 Å². The molecule has 1 amide bonds. The van der Waals surface area contributed by atoms with Gasteiger partial charge in [-0.15, -0.1) is 0 Å². The third kappa shape index (κ3) is 4.16. The molecule has 4 nitrogen and oxygen atoms in total. The van der Waals surface area contributed by atoms with Crippen LogP contribution in [0.15, 0.2) is 53.4 Å². The molecule has 0 aliphatic rings. The molecule has 0 fully saturated rings. The lowest BCUT2D eigenvalue weighted by Gasteiger charge is -2.13. The van der Waals surface area contributed by atoms with Gasteiger partial charge in [-0.2, -0.15) is 0 Å². The van der Waals surface area contributed by atoms with E-state index in [0.29, 0.717) is 21.0 Å². The molecule has 22 heavy (non-hydrogen) atoms. The number of halogens is 1. The summed E-state index contributed by atoms with van der Waals surface area (Å²) >= 11 is 6.00. The van der Waals surface area contributed by atoms with Gasteiger partial charge in [0, 0.05) is 44.6 Å². The van der Waals surface area contributed by atoms with E-state index >= 15 is 0 Å². The molecule has 2 unspecified atom stereocenters. The lowest BCUT2D eigenvalue weighted by atomic mass is 10.1. The molecule has 2 N–H and O–H groups in total. The van der Waals surface area contributed by atoms with E-state index in [1.165, 1.54) is 0 Å². The zero-order valence-electron chi connectivity index (χ0n) is 12.0. The first kappa shape index (κ1) is 16.7. The van der Waals surface area contributed by atoms with Crippen molar-refractivity contribution in [1.82, 2.24) is 5.32 Å². The summed E-state index contributed by atoms with van der Waals surface area (Å²) in [6.45, 7) is 0.0596. The highest BCUT2D eigenvalue weighted by Crippen LogP contribution is 2.21. The predicted octanol–water partition coefficient (Wildman–Crippen LogP) is 2.54. The Labute approximate surface area is 136 Å². The Balaban J connectivity index is 1.98. The summed E-state index contributed by atoms with van der Waals surface area (Å²) in [5.41, 5.74) is 1.02. The van der Waals surface area contributed by atoms with Crippen molar-refractivity contribution in [3.63, 3.8) is 0 Å². The van der Waals surface area contributed by atoms with E-state index in [4.69, 9.17) is 11.6 Å². The zero-order chi connectivity index (χ0) is 16.1. The number of hydrogen-bond donors (Lipinski definition) is 2. The van der Waals surface area contributed by atoms with Gasteiger partial charge in [0.25, 0.3) is 5.91 Å². The molecular formula is C16H16ClNO3S. The van der Waals surface area contributed by atoms with Crippen molar-refractivity contribution in [3.8, 4) is 0 Å². The van der Waals surface area contributed by atoms with E-state index in [1.54, 1.807) is 54.8 Å². The number of benzene rings is 2. The van der Waals surface area contributed by atoms with Crippen LogP contribution in [-0.2, 0) is 10.8 Å². The molecule has 2 rings (SSSR count). The lowest BCUT2D eigenvalue weighted by Crippen LogP contribution is -2.28. The highest BCUT2D eigenvalue weighted by atomic mass is 35.5. The largest absolute Gasteiger partial charge is 0.387 e. The molecule has 0 aliphatic heterocycles. The van der Waals surface area contributed by atoms with Gasteiger partial charge in [0.05, 0.1) is 6.10 Å². The Morgan fingerprint density at radius 3 is 2.45 bits per heavy atom. The average molecular weight is 338 g/mol. The van der Waals surface area contributed by atoms with Crippen molar-refractivity contribution < 1.29 is 14.1 Å². The molecule has 0 aliphatic carbocycles. The van der Waals surface area contributed by atoms with Gasteiger partial charge in [0.1, 0.15) is 0 Å². The highest BCUT2D eigenvalue weighted by molar-refractivity contribution is 7.84. The minimum Gasteiger partial charge on any atom is -0.387 e. The number of rotatable bonds is 5. The van der Waals surface area contributed by atoms with Crippen molar-refractivity contribution >= 4 is 28.3 Å². The fourth-order valence-corrected chi connectivity index (χ4v) is 2.73. The lowest BCUT2D eigenvalue weighted by molar-refractivity contribution is 0.0916.